The first-order valence-corrected chi connectivity index (χ1v) is 9.27. The van der Waals surface area contributed by atoms with Crippen molar-refractivity contribution >= 4 is 23.4 Å². The molecule has 1 aromatic rings. The summed E-state index contributed by atoms with van der Waals surface area (Å²) in [5.74, 6) is -0.558. The monoisotopic (exact) mass is 401 g/mol. The van der Waals surface area contributed by atoms with Crippen molar-refractivity contribution in [2.24, 2.45) is 0 Å². The Kier molecular flexibility index (Phi) is 6.16. The third-order valence-electron chi connectivity index (χ3n) is 5.11. The van der Waals surface area contributed by atoms with E-state index in [9.17, 15) is 18.4 Å². The second-order valence-electron chi connectivity index (χ2n) is 6.87. The number of ether oxygens (including phenoxy) is 1. The van der Waals surface area contributed by atoms with Gasteiger partial charge in [-0.25, -0.2) is 0 Å². The average molecular weight is 402 g/mol. The van der Waals surface area contributed by atoms with Gasteiger partial charge in [0.25, 0.3) is 5.91 Å². The number of alkyl halides is 2. The normalized spacial score (nSPS) is 21.7. The number of hydrogen-bond donors (Lipinski definition) is 1. The number of rotatable bonds is 5. The van der Waals surface area contributed by atoms with Crippen LogP contribution in [0.4, 0.5) is 8.78 Å². The van der Waals surface area contributed by atoms with Crippen LogP contribution in [0, 0.1) is 0 Å². The second kappa shape index (κ2) is 8.39. The van der Waals surface area contributed by atoms with Crippen molar-refractivity contribution in [3.63, 3.8) is 0 Å². The van der Waals surface area contributed by atoms with Crippen molar-refractivity contribution < 1.29 is 23.1 Å². The number of carbonyl (C=O) groups excluding carboxylic acids is 2. The van der Waals surface area contributed by atoms with Gasteiger partial charge >= 0.3 is 6.61 Å². The van der Waals surface area contributed by atoms with Crippen LogP contribution in [0.15, 0.2) is 18.2 Å². The molecular weight excluding hydrogens is 380 g/mol. The van der Waals surface area contributed by atoms with E-state index < -0.39 is 12.5 Å². The van der Waals surface area contributed by atoms with Crippen molar-refractivity contribution in [3.05, 3.63) is 28.8 Å². The summed E-state index contributed by atoms with van der Waals surface area (Å²) in [6.45, 7) is -0.860. The van der Waals surface area contributed by atoms with Gasteiger partial charge in [-0.05, 0) is 37.5 Å². The van der Waals surface area contributed by atoms with Gasteiger partial charge in [-0.3, -0.25) is 14.5 Å². The number of likely N-dealkylation sites (tertiary alicyclic amines) is 2. The molecule has 27 heavy (non-hydrogen) atoms. The third-order valence-corrected chi connectivity index (χ3v) is 5.34. The molecule has 1 unspecified atom stereocenters. The summed E-state index contributed by atoms with van der Waals surface area (Å²) in [7, 11) is 1.80. The first-order chi connectivity index (χ1) is 12.8. The van der Waals surface area contributed by atoms with Gasteiger partial charge in [0, 0.05) is 37.7 Å². The van der Waals surface area contributed by atoms with E-state index in [0.29, 0.717) is 25.9 Å². The summed E-state index contributed by atoms with van der Waals surface area (Å²) < 4.78 is 29.5. The molecule has 2 fully saturated rings. The number of nitrogens with zero attached hydrogens (tertiary/aromatic N) is 2. The highest BCUT2D eigenvalue weighted by Gasteiger charge is 2.36. The maximum Gasteiger partial charge on any atom is 0.387 e. The molecule has 2 aliphatic rings. The van der Waals surface area contributed by atoms with Gasteiger partial charge in [0.05, 0.1) is 11.6 Å². The van der Waals surface area contributed by atoms with Gasteiger partial charge in [-0.2, -0.15) is 8.78 Å². The number of likely N-dealkylation sites (N-methyl/N-ethyl adjacent to an activating group) is 1. The van der Waals surface area contributed by atoms with E-state index in [-0.39, 0.29) is 34.3 Å². The van der Waals surface area contributed by atoms with Crippen molar-refractivity contribution in [3.8, 4) is 5.75 Å². The Labute approximate surface area is 161 Å². The van der Waals surface area contributed by atoms with Gasteiger partial charge < -0.3 is 15.0 Å². The van der Waals surface area contributed by atoms with E-state index in [2.05, 4.69) is 15.0 Å². The van der Waals surface area contributed by atoms with Crippen LogP contribution in [0.2, 0.25) is 5.02 Å². The van der Waals surface area contributed by atoms with E-state index in [1.54, 1.807) is 11.9 Å². The fourth-order valence-electron chi connectivity index (χ4n) is 3.64. The predicted molar refractivity (Wildman–Crippen MR) is 96.2 cm³/mol. The van der Waals surface area contributed by atoms with Crippen LogP contribution in [0.1, 0.15) is 29.6 Å². The molecule has 0 saturated carbocycles. The summed E-state index contributed by atoms with van der Waals surface area (Å²) in [4.78, 5) is 28.6. The zero-order valence-electron chi connectivity index (χ0n) is 15.0. The minimum Gasteiger partial charge on any atom is -0.434 e. The number of nitrogens with one attached hydrogen (secondary N) is 1. The quantitative estimate of drug-likeness (QED) is 0.822. The van der Waals surface area contributed by atoms with E-state index in [0.717, 1.165) is 13.0 Å². The van der Waals surface area contributed by atoms with Crippen LogP contribution in [0.5, 0.6) is 5.75 Å². The van der Waals surface area contributed by atoms with Crippen LogP contribution in [-0.2, 0) is 4.79 Å². The molecule has 6 nitrogen and oxygen atoms in total. The number of hydrogen-bond acceptors (Lipinski definition) is 4. The summed E-state index contributed by atoms with van der Waals surface area (Å²) >= 11 is 5.89. The van der Waals surface area contributed by atoms with Gasteiger partial charge in [-0.15, -0.1) is 0 Å². The highest BCUT2D eigenvalue weighted by Crippen LogP contribution is 2.26. The molecule has 148 valence electrons. The maximum atomic E-state index is 12.5. The molecule has 2 amide bonds. The Hall–Kier alpha value is -1.93. The number of piperidine rings is 1. The molecule has 1 atom stereocenters. The van der Waals surface area contributed by atoms with Crippen LogP contribution in [0.3, 0.4) is 0 Å². The molecule has 3 rings (SSSR count). The highest BCUT2D eigenvalue weighted by molar-refractivity contribution is 6.31. The molecule has 1 aromatic carbocycles. The van der Waals surface area contributed by atoms with Crippen LogP contribution >= 0.6 is 11.6 Å². The fraction of sp³-hybridized carbons (Fsp3) is 0.556. The molecule has 2 heterocycles. The summed E-state index contributed by atoms with van der Waals surface area (Å²) in [5.41, 5.74) is -0.0159. The fourth-order valence-corrected chi connectivity index (χ4v) is 3.81. The smallest absolute Gasteiger partial charge is 0.387 e. The summed E-state index contributed by atoms with van der Waals surface area (Å²) in [5, 5.41) is 3.13. The number of halogens is 3. The second-order valence-corrected chi connectivity index (χ2v) is 7.30. The predicted octanol–water partition coefficient (Wildman–Crippen LogP) is 2.37. The Balaban J connectivity index is 1.58. The molecular formula is C18H22ClF2N3O3. The molecule has 0 aliphatic carbocycles. The third kappa shape index (κ3) is 4.68. The van der Waals surface area contributed by atoms with Crippen molar-refractivity contribution in [2.45, 2.75) is 38.0 Å². The van der Waals surface area contributed by atoms with Crippen molar-refractivity contribution in [1.82, 2.24) is 15.1 Å². The molecule has 0 spiro atoms. The molecule has 2 saturated heterocycles. The molecule has 0 aromatic heterocycles. The lowest BCUT2D eigenvalue weighted by Gasteiger charge is -2.35. The Morgan fingerprint density at radius 2 is 1.96 bits per heavy atom. The number of carbonyl (C=O) groups is 2. The topological polar surface area (TPSA) is 61.9 Å². The van der Waals surface area contributed by atoms with E-state index in [1.165, 1.54) is 18.2 Å². The van der Waals surface area contributed by atoms with Crippen molar-refractivity contribution in [2.75, 3.05) is 26.7 Å². The first-order valence-electron chi connectivity index (χ1n) is 8.89. The zero-order chi connectivity index (χ0) is 19.6. The average Bonchev–Trinajstić information content (AvgIpc) is 2.96. The lowest BCUT2D eigenvalue weighted by molar-refractivity contribution is -0.131. The number of amides is 2. The highest BCUT2D eigenvalue weighted by atomic mass is 35.5. The molecule has 0 radical (unpaired) electrons. The van der Waals surface area contributed by atoms with Gasteiger partial charge in [0.15, 0.2) is 0 Å². The van der Waals surface area contributed by atoms with Crippen LogP contribution in [0.25, 0.3) is 0 Å². The van der Waals surface area contributed by atoms with E-state index in [4.69, 9.17) is 11.6 Å². The van der Waals surface area contributed by atoms with Crippen molar-refractivity contribution in [1.29, 1.82) is 0 Å². The standard InChI is InChI=1S/C18H22ClF2N3O3/c1-23-7-6-14(17(23)26)24-8-4-12(5-9-24)22-16(25)13-10-11(19)2-3-15(13)27-18(20)21/h2-3,10,12,14,18H,4-9H2,1H3,(H,22,25). The largest absolute Gasteiger partial charge is 0.434 e. The first kappa shape index (κ1) is 19.8. The minimum atomic E-state index is -3.02. The Bertz CT molecular complexity index is 711. The summed E-state index contributed by atoms with van der Waals surface area (Å²) in [6.07, 6.45) is 2.19. The van der Waals surface area contributed by atoms with Crippen LogP contribution < -0.4 is 10.1 Å². The lowest BCUT2D eigenvalue weighted by Crippen LogP contribution is -2.50. The molecule has 2 aliphatic heterocycles. The summed E-state index contributed by atoms with van der Waals surface area (Å²) in [6, 6.07) is 3.79. The van der Waals surface area contributed by atoms with Gasteiger partial charge in [0.1, 0.15) is 5.75 Å². The SMILES string of the molecule is CN1CCC(N2CCC(NC(=O)c3cc(Cl)ccc3OC(F)F)CC2)C1=O. The lowest BCUT2D eigenvalue weighted by atomic mass is 10.0. The molecule has 0 bridgehead atoms. The van der Waals surface area contributed by atoms with Crippen LogP contribution in [-0.4, -0.2) is 67.0 Å². The van der Waals surface area contributed by atoms with E-state index >= 15 is 0 Å². The maximum absolute atomic E-state index is 12.5. The molecule has 1 N–H and O–H groups in total. The number of benzene rings is 1. The van der Waals surface area contributed by atoms with Gasteiger partial charge in [-0.1, -0.05) is 11.6 Å². The minimum absolute atomic E-state index is 0.0159. The van der Waals surface area contributed by atoms with Gasteiger partial charge in [0.2, 0.25) is 5.91 Å². The zero-order valence-corrected chi connectivity index (χ0v) is 15.7. The molecule has 9 heteroatoms. The Morgan fingerprint density at radius 3 is 2.56 bits per heavy atom. The Morgan fingerprint density at radius 1 is 1.26 bits per heavy atom. The van der Waals surface area contributed by atoms with E-state index in [1.807, 2.05) is 0 Å².